The predicted octanol–water partition coefficient (Wildman–Crippen LogP) is 2.25. The standard InChI is InChI=1S/C20H23BrO9/c1-10(22)26-9-16-18(27-11(2)23)20(29-13(4)25)19(28-12(3)24)17(30-16)14-6-5-7-15(21)8-14/h5-8,16-20H,9H2,1-4H3/t16-,17-,18-,19-,20+/m1/s1. The Morgan fingerprint density at radius 3 is 1.97 bits per heavy atom. The van der Waals surface area contributed by atoms with Crippen molar-refractivity contribution in [2.75, 3.05) is 6.61 Å². The number of carbonyl (C=O) groups is 4. The number of carbonyl (C=O) groups excluding carboxylic acids is 4. The highest BCUT2D eigenvalue weighted by atomic mass is 79.9. The summed E-state index contributed by atoms with van der Waals surface area (Å²) >= 11 is 3.38. The molecule has 9 nitrogen and oxygen atoms in total. The van der Waals surface area contributed by atoms with Gasteiger partial charge < -0.3 is 23.7 Å². The van der Waals surface area contributed by atoms with Crippen LogP contribution in [0, 0.1) is 0 Å². The molecule has 0 unspecified atom stereocenters. The van der Waals surface area contributed by atoms with E-state index in [2.05, 4.69) is 15.9 Å². The van der Waals surface area contributed by atoms with Crippen LogP contribution in [0.1, 0.15) is 39.4 Å². The van der Waals surface area contributed by atoms with Crippen molar-refractivity contribution in [1.82, 2.24) is 0 Å². The first-order chi connectivity index (χ1) is 14.1. The molecule has 1 aromatic rings. The monoisotopic (exact) mass is 486 g/mol. The van der Waals surface area contributed by atoms with Crippen LogP contribution in [0.2, 0.25) is 0 Å². The molecule has 1 aliphatic heterocycles. The maximum atomic E-state index is 11.8. The smallest absolute Gasteiger partial charge is 0.303 e. The van der Waals surface area contributed by atoms with Crippen molar-refractivity contribution in [2.24, 2.45) is 0 Å². The van der Waals surface area contributed by atoms with Crippen molar-refractivity contribution in [2.45, 2.75) is 58.2 Å². The summed E-state index contributed by atoms with van der Waals surface area (Å²) in [5.41, 5.74) is 0.613. The van der Waals surface area contributed by atoms with Crippen molar-refractivity contribution in [3.8, 4) is 0 Å². The molecule has 164 valence electrons. The lowest BCUT2D eigenvalue weighted by Gasteiger charge is -2.44. The van der Waals surface area contributed by atoms with Crippen molar-refractivity contribution in [3.63, 3.8) is 0 Å². The first-order valence-corrected chi connectivity index (χ1v) is 9.93. The molecule has 0 spiro atoms. The zero-order chi connectivity index (χ0) is 22.4. The van der Waals surface area contributed by atoms with Gasteiger partial charge in [-0.05, 0) is 17.7 Å². The quantitative estimate of drug-likeness (QED) is 0.440. The summed E-state index contributed by atoms with van der Waals surface area (Å²) in [6.45, 7) is 4.52. The van der Waals surface area contributed by atoms with E-state index < -0.39 is 54.4 Å². The number of rotatable bonds is 6. The highest BCUT2D eigenvalue weighted by Crippen LogP contribution is 2.38. The Bertz CT molecular complexity index is 809. The summed E-state index contributed by atoms with van der Waals surface area (Å²) in [5.74, 6) is -2.54. The molecule has 1 heterocycles. The molecular formula is C20H23BrO9. The normalized spacial score (nSPS) is 25.7. The number of benzene rings is 1. The van der Waals surface area contributed by atoms with Crippen LogP contribution in [0.15, 0.2) is 28.7 Å². The van der Waals surface area contributed by atoms with Crippen LogP contribution in [-0.2, 0) is 42.9 Å². The van der Waals surface area contributed by atoms with E-state index in [0.29, 0.717) is 5.56 Å². The van der Waals surface area contributed by atoms with Gasteiger partial charge in [0.05, 0.1) is 0 Å². The van der Waals surface area contributed by atoms with Crippen LogP contribution < -0.4 is 0 Å². The van der Waals surface area contributed by atoms with Crippen molar-refractivity contribution >= 4 is 39.8 Å². The molecule has 10 heteroatoms. The minimum absolute atomic E-state index is 0.262. The molecule has 5 atom stereocenters. The Morgan fingerprint density at radius 2 is 1.43 bits per heavy atom. The molecule has 1 saturated heterocycles. The number of esters is 4. The molecule has 0 aliphatic carbocycles. The SMILES string of the molecule is CC(=O)OC[C@H]1O[C@H](c2cccc(Br)c2)[C@@H](OC(C)=O)[C@@H](OC(C)=O)[C@@H]1OC(C)=O. The van der Waals surface area contributed by atoms with Crippen LogP contribution in [0.25, 0.3) is 0 Å². The summed E-state index contributed by atoms with van der Waals surface area (Å²) in [6.07, 6.45) is -5.33. The van der Waals surface area contributed by atoms with E-state index in [1.807, 2.05) is 0 Å². The van der Waals surface area contributed by atoms with E-state index in [1.165, 1.54) is 27.7 Å². The molecular weight excluding hydrogens is 464 g/mol. The molecule has 30 heavy (non-hydrogen) atoms. The maximum absolute atomic E-state index is 11.8. The fourth-order valence-corrected chi connectivity index (χ4v) is 3.60. The zero-order valence-electron chi connectivity index (χ0n) is 17.0. The topological polar surface area (TPSA) is 114 Å². The molecule has 0 N–H and O–H groups in total. The maximum Gasteiger partial charge on any atom is 0.303 e. The Labute approximate surface area is 182 Å². The fraction of sp³-hybridized carbons (Fsp3) is 0.500. The van der Waals surface area contributed by atoms with Crippen LogP contribution in [0.4, 0.5) is 0 Å². The summed E-state index contributed by atoms with van der Waals surface area (Å²) < 4.78 is 28.1. The van der Waals surface area contributed by atoms with Gasteiger partial charge in [0.25, 0.3) is 0 Å². The van der Waals surface area contributed by atoms with Crippen LogP contribution in [0.3, 0.4) is 0 Å². The molecule has 2 rings (SSSR count). The Balaban J connectivity index is 2.53. The van der Waals surface area contributed by atoms with Gasteiger partial charge in [0.2, 0.25) is 0 Å². The second kappa shape index (κ2) is 10.5. The fourth-order valence-electron chi connectivity index (χ4n) is 3.18. The van der Waals surface area contributed by atoms with Crippen LogP contribution in [0.5, 0.6) is 0 Å². The van der Waals surface area contributed by atoms with Crippen molar-refractivity contribution in [1.29, 1.82) is 0 Å². The minimum Gasteiger partial charge on any atom is -0.463 e. The number of hydrogen-bond acceptors (Lipinski definition) is 9. The van der Waals surface area contributed by atoms with E-state index in [0.717, 1.165) is 4.47 Å². The molecule has 0 amide bonds. The van der Waals surface area contributed by atoms with E-state index in [9.17, 15) is 19.2 Å². The van der Waals surface area contributed by atoms with Gasteiger partial charge in [0.15, 0.2) is 18.3 Å². The third-order valence-electron chi connectivity index (χ3n) is 4.17. The van der Waals surface area contributed by atoms with Gasteiger partial charge in [-0.3, -0.25) is 19.2 Å². The van der Waals surface area contributed by atoms with Gasteiger partial charge in [-0.1, -0.05) is 28.1 Å². The average Bonchev–Trinajstić information content (AvgIpc) is 2.62. The van der Waals surface area contributed by atoms with Gasteiger partial charge in [0, 0.05) is 32.2 Å². The highest BCUT2D eigenvalue weighted by Gasteiger charge is 2.52. The van der Waals surface area contributed by atoms with Gasteiger partial charge >= 0.3 is 23.9 Å². The Kier molecular flexibility index (Phi) is 8.36. The van der Waals surface area contributed by atoms with E-state index in [1.54, 1.807) is 24.3 Å². The minimum atomic E-state index is -1.19. The third-order valence-corrected chi connectivity index (χ3v) is 4.66. The zero-order valence-corrected chi connectivity index (χ0v) is 18.5. The van der Waals surface area contributed by atoms with Crippen molar-refractivity contribution < 1.29 is 42.9 Å². The van der Waals surface area contributed by atoms with Crippen LogP contribution in [-0.4, -0.2) is 54.9 Å². The molecule has 1 aliphatic rings. The van der Waals surface area contributed by atoms with E-state index >= 15 is 0 Å². The molecule has 0 bridgehead atoms. The molecule has 0 saturated carbocycles. The molecule has 0 aromatic heterocycles. The Morgan fingerprint density at radius 1 is 0.867 bits per heavy atom. The van der Waals surface area contributed by atoms with Gasteiger partial charge in [0.1, 0.15) is 18.8 Å². The molecule has 1 aromatic carbocycles. The summed E-state index contributed by atoms with van der Waals surface area (Å²) in [6, 6.07) is 7.05. The van der Waals surface area contributed by atoms with Gasteiger partial charge in [-0.2, -0.15) is 0 Å². The van der Waals surface area contributed by atoms with Crippen LogP contribution >= 0.6 is 15.9 Å². The first kappa shape index (κ1) is 23.8. The largest absolute Gasteiger partial charge is 0.463 e. The second-order valence-corrected chi connectivity index (χ2v) is 7.59. The summed E-state index contributed by atoms with van der Waals surface area (Å²) in [5, 5.41) is 0. The summed E-state index contributed by atoms with van der Waals surface area (Å²) in [4.78, 5) is 46.7. The van der Waals surface area contributed by atoms with E-state index in [4.69, 9.17) is 23.7 Å². The van der Waals surface area contributed by atoms with Crippen molar-refractivity contribution in [3.05, 3.63) is 34.3 Å². The third kappa shape index (κ3) is 6.53. The highest BCUT2D eigenvalue weighted by molar-refractivity contribution is 9.10. The lowest BCUT2D eigenvalue weighted by molar-refractivity contribution is -0.254. The number of halogens is 1. The lowest BCUT2D eigenvalue weighted by atomic mass is 9.90. The van der Waals surface area contributed by atoms with Gasteiger partial charge in [-0.15, -0.1) is 0 Å². The first-order valence-electron chi connectivity index (χ1n) is 9.14. The second-order valence-electron chi connectivity index (χ2n) is 6.67. The lowest BCUT2D eigenvalue weighted by Crippen LogP contribution is -2.59. The predicted molar refractivity (Wildman–Crippen MR) is 105 cm³/mol. The molecule has 1 fully saturated rings. The van der Waals surface area contributed by atoms with Gasteiger partial charge in [-0.25, -0.2) is 0 Å². The van der Waals surface area contributed by atoms with E-state index in [-0.39, 0.29) is 6.61 Å². The number of hydrogen-bond donors (Lipinski definition) is 0. The Hall–Kier alpha value is -2.46. The average molecular weight is 487 g/mol. The molecule has 0 radical (unpaired) electrons. The summed E-state index contributed by atoms with van der Waals surface area (Å²) in [7, 11) is 0. The number of ether oxygens (including phenoxy) is 5.